The number of piperazine rings is 1. The zero-order valence-corrected chi connectivity index (χ0v) is 29.1. The number of anilines is 3. The minimum atomic E-state index is -5.24. The molecule has 0 aliphatic carbocycles. The molecule has 12 nitrogen and oxygen atoms in total. The predicted molar refractivity (Wildman–Crippen MR) is 183 cm³/mol. The number of halogens is 5. The molecular weight excluding hydrogens is 720 g/mol. The lowest BCUT2D eigenvalue weighted by Crippen LogP contribution is -2.51. The van der Waals surface area contributed by atoms with E-state index in [1.165, 1.54) is 43.5 Å². The van der Waals surface area contributed by atoms with Crippen LogP contribution in [0.2, 0.25) is 0 Å². The number of aromatic amines is 1. The van der Waals surface area contributed by atoms with E-state index in [4.69, 9.17) is 9.47 Å². The second-order valence-corrected chi connectivity index (χ2v) is 14.0. The Balaban J connectivity index is 0.00000504. The van der Waals surface area contributed by atoms with E-state index >= 15 is 0 Å². The topological polar surface area (TPSA) is 146 Å². The van der Waals surface area contributed by atoms with Gasteiger partial charge in [0.15, 0.2) is 5.82 Å². The first-order chi connectivity index (χ1) is 23.8. The van der Waals surface area contributed by atoms with Crippen LogP contribution in [0.25, 0.3) is 10.9 Å². The number of H-pyrrole nitrogens is 1. The Labute approximate surface area is 296 Å². The van der Waals surface area contributed by atoms with Gasteiger partial charge in [0.2, 0.25) is 9.84 Å². The van der Waals surface area contributed by atoms with Gasteiger partial charge in [0.1, 0.15) is 11.6 Å². The summed E-state index contributed by atoms with van der Waals surface area (Å²) in [4.78, 5) is 29.1. The van der Waals surface area contributed by atoms with Crippen LogP contribution >= 0.6 is 12.4 Å². The summed E-state index contributed by atoms with van der Waals surface area (Å²) in [5.41, 5.74) is 0.401. The largest absolute Gasteiger partial charge is 0.497 e. The van der Waals surface area contributed by atoms with E-state index in [0.717, 1.165) is 12.1 Å². The van der Waals surface area contributed by atoms with Crippen molar-refractivity contribution in [1.29, 1.82) is 0 Å². The van der Waals surface area contributed by atoms with Crippen LogP contribution < -0.4 is 25.2 Å². The monoisotopic (exact) mass is 754 g/mol. The van der Waals surface area contributed by atoms with Crippen molar-refractivity contribution in [3.05, 3.63) is 66.0 Å². The molecule has 4 aromatic rings. The van der Waals surface area contributed by atoms with Gasteiger partial charge in [0, 0.05) is 62.1 Å². The number of aromatic nitrogens is 2. The number of sulfone groups is 1. The highest BCUT2D eigenvalue weighted by Crippen LogP contribution is 2.36. The number of nitrogens with zero attached hydrogens (tertiary/aromatic N) is 3. The van der Waals surface area contributed by atoms with E-state index in [0.29, 0.717) is 35.7 Å². The lowest BCUT2D eigenvalue weighted by Gasteiger charge is -2.38. The number of carbonyl (C=O) groups is 2. The van der Waals surface area contributed by atoms with Gasteiger partial charge < -0.3 is 29.9 Å². The maximum absolute atomic E-state index is 14.2. The molecule has 2 aliphatic heterocycles. The molecule has 2 fully saturated rings. The highest BCUT2D eigenvalue weighted by molar-refractivity contribution is 7.91. The Hall–Kier alpha value is -4.45. The Kier molecular flexibility index (Phi) is 11.1. The number of methoxy groups -OCH3 is 1. The number of ether oxygens (including phenoxy) is 2. The average molecular weight is 755 g/mol. The summed E-state index contributed by atoms with van der Waals surface area (Å²) in [5.74, 6) is -3.95. The summed E-state index contributed by atoms with van der Waals surface area (Å²) < 4.78 is 94.0. The zero-order valence-electron chi connectivity index (χ0n) is 27.4. The van der Waals surface area contributed by atoms with E-state index in [1.54, 1.807) is 6.07 Å². The second kappa shape index (κ2) is 15.0. The minimum Gasteiger partial charge on any atom is -0.497 e. The molecule has 3 heterocycles. The standard InChI is InChI=1S/C33H34F4N6O6S.ClH/c1-19-18-38-9-10-42(19)22-3-5-26(29(15-22)43(32(45)33(35,36)37)21-7-11-49-12-8-21)31(44)39-30-27-17-24(4-6-28(27)40-41-30)50(46,47)25-14-20(34)13-23(16-25)48-2;/h3-6,13-17,19,21,38H,7-12,18H2,1-2H3,(H2,39,40,41,44);1H. The number of rotatable bonds is 8. The van der Waals surface area contributed by atoms with Gasteiger partial charge in [-0.05, 0) is 68.3 Å². The minimum absolute atomic E-state index is 0. The quantitative estimate of drug-likeness (QED) is 0.210. The maximum atomic E-state index is 14.2. The van der Waals surface area contributed by atoms with Crippen LogP contribution in [0.15, 0.2) is 64.4 Å². The summed E-state index contributed by atoms with van der Waals surface area (Å²) in [6.45, 7) is 4.02. The van der Waals surface area contributed by atoms with Gasteiger partial charge >= 0.3 is 12.1 Å². The SMILES string of the molecule is COc1cc(F)cc(S(=O)(=O)c2ccc3[nH]nc(NC(=O)c4ccc(N5CCNCC5C)cc4N(C(=O)C(F)(F)F)C4CCOCC4)c3c2)c1.Cl. The highest BCUT2D eigenvalue weighted by atomic mass is 35.5. The fourth-order valence-electron chi connectivity index (χ4n) is 6.24. The fourth-order valence-corrected chi connectivity index (χ4v) is 7.57. The average Bonchev–Trinajstić information content (AvgIpc) is 3.50. The number of alkyl halides is 3. The Morgan fingerprint density at radius 2 is 1.80 bits per heavy atom. The Morgan fingerprint density at radius 3 is 2.49 bits per heavy atom. The third-order valence-electron chi connectivity index (χ3n) is 8.80. The van der Waals surface area contributed by atoms with Crippen molar-refractivity contribution in [2.24, 2.45) is 0 Å². The lowest BCUT2D eigenvalue weighted by atomic mass is 10.0. The summed E-state index contributed by atoms with van der Waals surface area (Å²) in [6, 6.07) is 10.4. The van der Waals surface area contributed by atoms with Crippen LogP contribution in [-0.4, -0.2) is 88.6 Å². The van der Waals surface area contributed by atoms with Crippen LogP contribution in [0, 0.1) is 5.82 Å². The first kappa shape index (κ1) is 37.8. The van der Waals surface area contributed by atoms with E-state index in [-0.39, 0.29) is 82.5 Å². The number of nitrogens with one attached hydrogen (secondary N) is 3. The van der Waals surface area contributed by atoms with Crippen molar-refractivity contribution in [3.63, 3.8) is 0 Å². The summed E-state index contributed by atoms with van der Waals surface area (Å²) in [5, 5.41) is 12.8. The number of hydrogen-bond donors (Lipinski definition) is 3. The van der Waals surface area contributed by atoms with Crippen LogP contribution in [0.4, 0.5) is 34.8 Å². The van der Waals surface area contributed by atoms with Gasteiger partial charge in [-0.15, -0.1) is 12.4 Å². The van der Waals surface area contributed by atoms with Gasteiger partial charge in [-0.25, -0.2) is 12.8 Å². The highest BCUT2D eigenvalue weighted by Gasteiger charge is 2.46. The molecule has 3 aromatic carbocycles. The smallest absolute Gasteiger partial charge is 0.471 e. The molecule has 0 saturated carbocycles. The van der Waals surface area contributed by atoms with Crippen LogP contribution in [0.5, 0.6) is 5.75 Å². The third kappa shape index (κ3) is 7.75. The summed E-state index contributed by atoms with van der Waals surface area (Å²) in [6.07, 6.45) is -5.00. The van der Waals surface area contributed by atoms with Crippen LogP contribution in [-0.2, 0) is 19.4 Å². The van der Waals surface area contributed by atoms with Crippen molar-refractivity contribution in [1.82, 2.24) is 15.5 Å². The molecule has 2 aliphatic rings. The van der Waals surface area contributed by atoms with Gasteiger partial charge in [-0.2, -0.15) is 18.3 Å². The molecule has 6 rings (SSSR count). The fraction of sp³-hybridized carbons (Fsp3) is 0.364. The van der Waals surface area contributed by atoms with Crippen molar-refractivity contribution in [2.75, 3.05) is 55.1 Å². The third-order valence-corrected chi connectivity index (χ3v) is 10.5. The molecule has 2 amide bonds. The predicted octanol–water partition coefficient (Wildman–Crippen LogP) is 5.09. The molecule has 51 heavy (non-hydrogen) atoms. The first-order valence-electron chi connectivity index (χ1n) is 15.8. The van der Waals surface area contributed by atoms with E-state index in [1.807, 2.05) is 11.8 Å². The Morgan fingerprint density at radius 1 is 1.06 bits per heavy atom. The summed E-state index contributed by atoms with van der Waals surface area (Å²) in [7, 11) is -3.01. The van der Waals surface area contributed by atoms with E-state index in [9.17, 15) is 35.6 Å². The second-order valence-electron chi connectivity index (χ2n) is 12.0. The van der Waals surface area contributed by atoms with Crippen LogP contribution in [0.1, 0.15) is 30.1 Å². The molecule has 274 valence electrons. The molecule has 0 spiro atoms. The van der Waals surface area contributed by atoms with Crippen molar-refractivity contribution in [2.45, 2.75) is 47.8 Å². The van der Waals surface area contributed by atoms with E-state index in [2.05, 4.69) is 20.8 Å². The molecular formula is C33H35ClF4N6O6S. The van der Waals surface area contributed by atoms with Gasteiger partial charge in [-0.3, -0.25) is 14.7 Å². The van der Waals surface area contributed by atoms with Crippen molar-refractivity contribution >= 4 is 62.2 Å². The molecule has 0 radical (unpaired) electrons. The molecule has 1 atom stereocenters. The maximum Gasteiger partial charge on any atom is 0.471 e. The number of hydrogen-bond acceptors (Lipinski definition) is 9. The lowest BCUT2D eigenvalue weighted by molar-refractivity contribution is -0.171. The van der Waals surface area contributed by atoms with E-state index < -0.39 is 39.7 Å². The molecule has 1 unspecified atom stereocenters. The number of benzene rings is 3. The molecule has 2 saturated heterocycles. The normalized spacial score (nSPS) is 17.1. The molecule has 3 N–H and O–H groups in total. The molecule has 1 aromatic heterocycles. The first-order valence-corrected chi connectivity index (χ1v) is 17.2. The van der Waals surface area contributed by atoms with Crippen molar-refractivity contribution in [3.8, 4) is 5.75 Å². The molecule has 0 bridgehead atoms. The van der Waals surface area contributed by atoms with Crippen molar-refractivity contribution < 1.29 is 45.0 Å². The zero-order chi connectivity index (χ0) is 35.8. The van der Waals surface area contributed by atoms with Gasteiger partial charge in [0.25, 0.3) is 5.91 Å². The summed E-state index contributed by atoms with van der Waals surface area (Å²) >= 11 is 0. The van der Waals surface area contributed by atoms with Gasteiger partial charge in [0.05, 0.1) is 33.7 Å². The number of amides is 2. The molecule has 18 heteroatoms. The Bertz CT molecular complexity index is 2040. The van der Waals surface area contributed by atoms with Crippen LogP contribution in [0.3, 0.4) is 0 Å². The van der Waals surface area contributed by atoms with Gasteiger partial charge in [-0.1, -0.05) is 0 Å². The number of carbonyl (C=O) groups excluding carboxylic acids is 2. The number of fused-ring (bicyclic) bond motifs is 1.